The zero-order chi connectivity index (χ0) is 21.2. The Bertz CT molecular complexity index is 966. The summed E-state index contributed by atoms with van der Waals surface area (Å²) in [6.07, 6.45) is 2.59. The summed E-state index contributed by atoms with van der Waals surface area (Å²) in [5.74, 6) is 2.04. The van der Waals surface area contributed by atoms with Crippen LogP contribution in [0, 0.1) is 5.82 Å². The second-order valence-corrected chi connectivity index (χ2v) is 6.51. The molecule has 0 aliphatic carbocycles. The maximum Gasteiger partial charge on any atom is 0.219 e. The van der Waals surface area contributed by atoms with Gasteiger partial charge in [0.15, 0.2) is 5.96 Å². The maximum atomic E-state index is 13.2. The molecule has 0 aliphatic rings. The Hall–Kier alpha value is -2.88. The molecule has 1 aromatic heterocycles. The van der Waals surface area contributed by atoms with Crippen molar-refractivity contribution in [1.29, 1.82) is 0 Å². The second kappa shape index (κ2) is 12.7. The van der Waals surface area contributed by atoms with Crippen LogP contribution in [0.3, 0.4) is 0 Å². The van der Waals surface area contributed by atoms with Gasteiger partial charge in [0.2, 0.25) is 5.88 Å². The molecule has 6 nitrogen and oxygen atoms in total. The van der Waals surface area contributed by atoms with E-state index in [4.69, 9.17) is 9.47 Å². The highest BCUT2D eigenvalue weighted by Crippen LogP contribution is 2.20. The number of hydrogen-bond acceptors (Lipinski definition) is 4. The number of aliphatic imine (C=N–C) groups is 1. The van der Waals surface area contributed by atoms with Gasteiger partial charge in [0.05, 0.1) is 7.11 Å². The summed E-state index contributed by atoms with van der Waals surface area (Å²) in [6, 6.07) is 17.6. The molecule has 0 spiro atoms. The maximum absolute atomic E-state index is 13.2. The number of pyridine rings is 1. The summed E-state index contributed by atoms with van der Waals surface area (Å²) < 4.78 is 24.0. The first kappa shape index (κ1) is 24.4. The van der Waals surface area contributed by atoms with Crippen LogP contribution < -0.4 is 20.1 Å². The van der Waals surface area contributed by atoms with E-state index < -0.39 is 0 Å². The lowest BCUT2D eigenvalue weighted by Crippen LogP contribution is -2.37. The Morgan fingerprint density at radius 2 is 1.77 bits per heavy atom. The Balaban J connectivity index is 0.00000341. The van der Waals surface area contributed by atoms with E-state index in [1.165, 1.54) is 17.7 Å². The van der Waals surface area contributed by atoms with Crippen LogP contribution in [0.2, 0.25) is 0 Å². The fraction of sp³-hybridized carbons (Fsp3) is 0.217. The molecule has 0 saturated carbocycles. The molecule has 0 fully saturated rings. The monoisotopic (exact) mass is 536 g/mol. The molecule has 3 aromatic rings. The van der Waals surface area contributed by atoms with Crippen molar-refractivity contribution in [1.82, 2.24) is 15.6 Å². The van der Waals surface area contributed by atoms with Crippen LogP contribution in [-0.4, -0.2) is 31.6 Å². The van der Waals surface area contributed by atoms with Gasteiger partial charge in [-0.2, -0.15) is 0 Å². The third-order valence-electron chi connectivity index (χ3n) is 4.36. The molecule has 0 amide bonds. The van der Waals surface area contributed by atoms with Gasteiger partial charge in [-0.1, -0.05) is 24.3 Å². The van der Waals surface area contributed by atoms with Gasteiger partial charge in [-0.15, -0.1) is 24.0 Å². The standard InChI is InChI=1S/C23H25FN4O2.HI/c1-25-23(26-13-12-17-6-9-20(29-2)10-7-17)28-16-18-8-11-22(27-15-18)30-21-5-3-4-19(24)14-21;/h3-11,14-15H,12-13,16H2,1-2H3,(H2,25,26,28);1H. The minimum absolute atomic E-state index is 0. The van der Waals surface area contributed by atoms with E-state index in [9.17, 15) is 4.39 Å². The number of ether oxygens (including phenoxy) is 2. The predicted molar refractivity (Wildman–Crippen MR) is 131 cm³/mol. The molecule has 3 rings (SSSR count). The normalized spacial score (nSPS) is 10.7. The fourth-order valence-corrected chi connectivity index (χ4v) is 2.75. The van der Waals surface area contributed by atoms with Gasteiger partial charge in [-0.05, 0) is 41.8 Å². The molecule has 0 bridgehead atoms. The molecule has 0 atom stereocenters. The van der Waals surface area contributed by atoms with Crippen LogP contribution in [0.1, 0.15) is 11.1 Å². The number of benzene rings is 2. The Morgan fingerprint density at radius 3 is 2.42 bits per heavy atom. The molecular weight excluding hydrogens is 510 g/mol. The number of nitrogens with one attached hydrogen (secondary N) is 2. The summed E-state index contributed by atoms with van der Waals surface area (Å²) >= 11 is 0. The Kier molecular flexibility index (Phi) is 10.0. The zero-order valence-corrected chi connectivity index (χ0v) is 19.8. The van der Waals surface area contributed by atoms with Crippen molar-refractivity contribution < 1.29 is 13.9 Å². The molecule has 0 unspecified atom stereocenters. The van der Waals surface area contributed by atoms with E-state index in [-0.39, 0.29) is 29.8 Å². The van der Waals surface area contributed by atoms with Gasteiger partial charge in [0, 0.05) is 38.5 Å². The molecule has 8 heteroatoms. The fourth-order valence-electron chi connectivity index (χ4n) is 2.75. The van der Waals surface area contributed by atoms with Crippen molar-refractivity contribution in [3.63, 3.8) is 0 Å². The van der Waals surface area contributed by atoms with E-state index in [1.54, 1.807) is 38.6 Å². The third-order valence-corrected chi connectivity index (χ3v) is 4.36. The predicted octanol–water partition coefficient (Wildman–Crippen LogP) is 4.55. The Labute approximate surface area is 198 Å². The van der Waals surface area contributed by atoms with Crippen LogP contribution in [0.4, 0.5) is 4.39 Å². The lowest BCUT2D eigenvalue weighted by Gasteiger charge is -2.12. The summed E-state index contributed by atoms with van der Waals surface area (Å²) in [7, 11) is 3.39. The molecule has 0 radical (unpaired) electrons. The SMILES string of the molecule is CN=C(NCCc1ccc(OC)cc1)NCc1ccc(Oc2cccc(F)c2)nc1.I. The number of rotatable bonds is 8. The molecule has 0 saturated heterocycles. The second-order valence-electron chi connectivity index (χ2n) is 6.51. The van der Waals surface area contributed by atoms with Gasteiger partial charge in [-0.25, -0.2) is 9.37 Å². The number of nitrogens with zero attached hydrogens (tertiary/aromatic N) is 2. The van der Waals surface area contributed by atoms with Crippen molar-refractivity contribution in [2.24, 2.45) is 4.99 Å². The molecular formula is C23H26FIN4O2. The quantitative estimate of drug-likeness (QED) is 0.251. The van der Waals surface area contributed by atoms with Crippen molar-refractivity contribution in [3.05, 3.63) is 83.8 Å². The number of methoxy groups -OCH3 is 1. The van der Waals surface area contributed by atoms with Crippen molar-refractivity contribution >= 4 is 29.9 Å². The molecule has 31 heavy (non-hydrogen) atoms. The van der Waals surface area contributed by atoms with Gasteiger partial charge in [0.25, 0.3) is 0 Å². The molecule has 164 valence electrons. The lowest BCUT2D eigenvalue weighted by atomic mass is 10.1. The summed E-state index contributed by atoms with van der Waals surface area (Å²) in [5.41, 5.74) is 2.19. The molecule has 0 aliphatic heterocycles. The number of hydrogen-bond donors (Lipinski definition) is 2. The van der Waals surface area contributed by atoms with Crippen molar-refractivity contribution in [2.45, 2.75) is 13.0 Å². The minimum atomic E-state index is -0.348. The first-order chi connectivity index (χ1) is 14.7. The summed E-state index contributed by atoms with van der Waals surface area (Å²) in [6.45, 7) is 1.32. The highest BCUT2D eigenvalue weighted by atomic mass is 127. The molecule has 2 aromatic carbocycles. The first-order valence-corrected chi connectivity index (χ1v) is 9.62. The average Bonchev–Trinajstić information content (AvgIpc) is 2.77. The van der Waals surface area contributed by atoms with Crippen molar-refractivity contribution in [3.8, 4) is 17.4 Å². The van der Waals surface area contributed by atoms with E-state index in [1.807, 2.05) is 18.2 Å². The highest BCUT2D eigenvalue weighted by molar-refractivity contribution is 14.0. The smallest absolute Gasteiger partial charge is 0.219 e. The Morgan fingerprint density at radius 1 is 1.00 bits per heavy atom. The van der Waals surface area contributed by atoms with Crippen LogP contribution in [0.5, 0.6) is 17.4 Å². The summed E-state index contributed by atoms with van der Waals surface area (Å²) in [4.78, 5) is 8.51. The van der Waals surface area contributed by atoms with Gasteiger partial charge >= 0.3 is 0 Å². The lowest BCUT2D eigenvalue weighted by molar-refractivity contribution is 0.414. The van der Waals surface area contributed by atoms with E-state index in [0.29, 0.717) is 24.1 Å². The minimum Gasteiger partial charge on any atom is -0.497 e. The number of halogens is 2. The topological polar surface area (TPSA) is 67.8 Å². The highest BCUT2D eigenvalue weighted by Gasteiger charge is 2.03. The van der Waals surface area contributed by atoms with Crippen LogP contribution >= 0.6 is 24.0 Å². The molecule has 1 heterocycles. The number of guanidine groups is 1. The zero-order valence-electron chi connectivity index (χ0n) is 17.5. The van der Waals surface area contributed by atoms with Gasteiger partial charge < -0.3 is 20.1 Å². The van der Waals surface area contributed by atoms with Gasteiger partial charge in [0.1, 0.15) is 17.3 Å². The first-order valence-electron chi connectivity index (χ1n) is 9.62. The van der Waals surface area contributed by atoms with Crippen molar-refractivity contribution in [2.75, 3.05) is 20.7 Å². The van der Waals surface area contributed by atoms with E-state index in [2.05, 4.69) is 32.7 Å². The van der Waals surface area contributed by atoms with Crippen LogP contribution in [-0.2, 0) is 13.0 Å². The number of aromatic nitrogens is 1. The average molecular weight is 536 g/mol. The van der Waals surface area contributed by atoms with Crippen LogP contribution in [0.25, 0.3) is 0 Å². The third kappa shape index (κ3) is 8.05. The van der Waals surface area contributed by atoms with E-state index in [0.717, 1.165) is 24.3 Å². The van der Waals surface area contributed by atoms with Gasteiger partial charge in [-0.3, -0.25) is 4.99 Å². The molecule has 2 N–H and O–H groups in total. The van der Waals surface area contributed by atoms with E-state index >= 15 is 0 Å². The summed E-state index contributed by atoms with van der Waals surface area (Å²) in [5, 5.41) is 6.55. The van der Waals surface area contributed by atoms with Crippen LogP contribution in [0.15, 0.2) is 71.9 Å². The largest absolute Gasteiger partial charge is 0.497 e.